The van der Waals surface area contributed by atoms with E-state index >= 15 is 0 Å². The lowest BCUT2D eigenvalue weighted by molar-refractivity contribution is 0.0528. The smallest absolute Gasteiger partial charge is 0.349 e. The average Bonchev–Trinajstić information content (AvgIpc) is 2.61. The number of halogens is 1. The van der Waals surface area contributed by atoms with E-state index in [0.29, 0.717) is 0 Å². The second kappa shape index (κ2) is 5.42. The van der Waals surface area contributed by atoms with Gasteiger partial charge in [-0.05, 0) is 6.92 Å². The number of hydrogen-bond acceptors (Lipinski definition) is 6. The zero-order chi connectivity index (χ0) is 13.1. The molecule has 6 nitrogen and oxygen atoms in total. The molecule has 0 saturated heterocycles. The predicted octanol–water partition coefficient (Wildman–Crippen LogP) is 1.60. The van der Waals surface area contributed by atoms with Crippen LogP contribution in [0.4, 0.5) is 0 Å². The number of ether oxygens (including phenoxy) is 1. The van der Waals surface area contributed by atoms with Gasteiger partial charge in [-0.3, -0.25) is 0 Å². The Morgan fingerprint density at radius 2 is 2.29 bits per heavy atom. The fraction of sp³-hybridized carbons (Fsp3) is 0.250. The van der Waals surface area contributed by atoms with Gasteiger partial charge in [-0.25, -0.2) is 9.59 Å². The fourth-order valence-corrected chi connectivity index (χ4v) is 3.63. The molecule has 1 aromatic rings. The number of esters is 1. The second-order valence-electron chi connectivity index (χ2n) is 2.62. The van der Waals surface area contributed by atoms with Gasteiger partial charge in [0.05, 0.1) is 11.6 Å². The first kappa shape index (κ1) is 13.9. The standard InChI is InChI=1S/C8H6ClNO5S2/c1-2-15-8(12)6-7(5(9)3-16-6)17(13,14)10-4-11/h3H,2H2,1H3. The highest BCUT2D eigenvalue weighted by Gasteiger charge is 2.28. The van der Waals surface area contributed by atoms with Crippen molar-refractivity contribution in [3.05, 3.63) is 15.3 Å². The number of carbonyl (C=O) groups is 1. The van der Waals surface area contributed by atoms with Gasteiger partial charge in [-0.15, -0.1) is 11.3 Å². The van der Waals surface area contributed by atoms with Crippen LogP contribution in [0.25, 0.3) is 0 Å². The summed E-state index contributed by atoms with van der Waals surface area (Å²) in [5.41, 5.74) is 0. The van der Waals surface area contributed by atoms with Gasteiger partial charge in [-0.1, -0.05) is 16.0 Å². The van der Waals surface area contributed by atoms with Crippen molar-refractivity contribution in [3.8, 4) is 0 Å². The van der Waals surface area contributed by atoms with Crippen molar-refractivity contribution < 1.29 is 22.7 Å². The van der Waals surface area contributed by atoms with E-state index in [1.807, 2.05) is 0 Å². The Kier molecular flexibility index (Phi) is 4.41. The number of isocyanates is 1. The summed E-state index contributed by atoms with van der Waals surface area (Å²) in [6.45, 7) is 1.66. The lowest BCUT2D eigenvalue weighted by Gasteiger charge is -2.01. The molecule has 1 heterocycles. The molecule has 0 saturated carbocycles. The largest absolute Gasteiger partial charge is 0.462 e. The number of hydrogen-bond donors (Lipinski definition) is 0. The molecule has 0 fully saturated rings. The Morgan fingerprint density at radius 1 is 1.65 bits per heavy atom. The Hall–Kier alpha value is -1.21. The van der Waals surface area contributed by atoms with Crippen LogP contribution in [0.5, 0.6) is 0 Å². The predicted molar refractivity (Wildman–Crippen MR) is 60.6 cm³/mol. The molecule has 92 valence electrons. The highest BCUT2D eigenvalue weighted by Crippen LogP contribution is 2.32. The van der Waals surface area contributed by atoms with Gasteiger partial charge in [0.15, 0.2) is 0 Å². The maximum Gasteiger partial charge on any atom is 0.349 e. The molecule has 1 rings (SSSR count). The van der Waals surface area contributed by atoms with Crippen LogP contribution in [0, 0.1) is 0 Å². The van der Waals surface area contributed by atoms with Crippen LogP contribution in [0.2, 0.25) is 5.02 Å². The van der Waals surface area contributed by atoms with Crippen LogP contribution < -0.4 is 0 Å². The Balaban J connectivity index is 3.39. The molecule has 17 heavy (non-hydrogen) atoms. The Bertz CT molecular complexity index is 585. The van der Waals surface area contributed by atoms with Crippen molar-refractivity contribution >= 4 is 45.0 Å². The van der Waals surface area contributed by atoms with Crippen LogP contribution >= 0.6 is 22.9 Å². The van der Waals surface area contributed by atoms with Gasteiger partial charge >= 0.3 is 5.97 Å². The fourth-order valence-electron chi connectivity index (χ4n) is 0.999. The second-order valence-corrected chi connectivity index (χ2v) is 5.45. The molecular weight excluding hydrogens is 290 g/mol. The Labute approximate surface area is 106 Å². The third-order valence-corrected chi connectivity index (χ3v) is 4.46. The summed E-state index contributed by atoms with van der Waals surface area (Å²) in [6.07, 6.45) is 0.903. The van der Waals surface area contributed by atoms with Gasteiger partial charge < -0.3 is 4.74 Å². The summed E-state index contributed by atoms with van der Waals surface area (Å²) >= 11 is 6.44. The van der Waals surface area contributed by atoms with E-state index in [-0.39, 0.29) is 16.5 Å². The molecule has 0 N–H and O–H groups in total. The zero-order valence-electron chi connectivity index (χ0n) is 8.47. The quantitative estimate of drug-likeness (QED) is 0.478. The first-order valence-electron chi connectivity index (χ1n) is 4.22. The molecule has 0 amide bonds. The summed E-state index contributed by atoms with van der Waals surface area (Å²) < 4.78 is 30.4. The van der Waals surface area contributed by atoms with E-state index < -0.39 is 20.9 Å². The number of carbonyl (C=O) groups excluding carboxylic acids is 2. The van der Waals surface area contributed by atoms with Gasteiger partial charge in [-0.2, -0.15) is 8.42 Å². The monoisotopic (exact) mass is 295 g/mol. The minimum Gasteiger partial charge on any atom is -0.462 e. The van der Waals surface area contributed by atoms with Crippen LogP contribution in [0.15, 0.2) is 14.7 Å². The molecule has 0 radical (unpaired) electrons. The molecule has 9 heteroatoms. The zero-order valence-corrected chi connectivity index (χ0v) is 10.9. The van der Waals surface area contributed by atoms with Crippen molar-refractivity contribution in [1.29, 1.82) is 0 Å². The Morgan fingerprint density at radius 3 is 2.82 bits per heavy atom. The first-order chi connectivity index (χ1) is 7.94. The van der Waals surface area contributed by atoms with Gasteiger partial charge in [0.1, 0.15) is 9.77 Å². The molecule has 0 atom stereocenters. The van der Waals surface area contributed by atoms with Crippen LogP contribution in [-0.4, -0.2) is 27.1 Å². The van der Waals surface area contributed by atoms with Crippen molar-refractivity contribution in [1.82, 2.24) is 0 Å². The molecular formula is C8H6ClNO5S2. The van der Waals surface area contributed by atoms with Crippen molar-refractivity contribution in [2.75, 3.05) is 6.61 Å². The summed E-state index contributed by atoms with van der Waals surface area (Å²) in [5, 5.41) is 1.07. The topological polar surface area (TPSA) is 89.9 Å². The van der Waals surface area contributed by atoms with Crippen molar-refractivity contribution in [2.24, 2.45) is 4.40 Å². The van der Waals surface area contributed by atoms with Crippen molar-refractivity contribution in [2.45, 2.75) is 11.8 Å². The highest BCUT2D eigenvalue weighted by molar-refractivity contribution is 7.90. The molecule has 0 aliphatic rings. The summed E-state index contributed by atoms with van der Waals surface area (Å²) in [7, 11) is -4.31. The number of nitrogens with zero attached hydrogens (tertiary/aromatic N) is 1. The van der Waals surface area contributed by atoms with E-state index in [0.717, 1.165) is 17.4 Å². The molecule has 0 bridgehead atoms. The van der Waals surface area contributed by atoms with Crippen LogP contribution in [0.3, 0.4) is 0 Å². The molecule has 0 unspecified atom stereocenters. The van der Waals surface area contributed by atoms with Gasteiger partial charge in [0.25, 0.3) is 16.1 Å². The van der Waals surface area contributed by atoms with Gasteiger partial charge in [0, 0.05) is 5.38 Å². The number of thiophene rings is 1. The average molecular weight is 296 g/mol. The van der Waals surface area contributed by atoms with E-state index in [2.05, 4.69) is 9.13 Å². The molecule has 0 aliphatic heterocycles. The highest BCUT2D eigenvalue weighted by atomic mass is 35.5. The van der Waals surface area contributed by atoms with Crippen molar-refractivity contribution in [3.63, 3.8) is 0 Å². The maximum absolute atomic E-state index is 11.5. The van der Waals surface area contributed by atoms with Gasteiger partial charge in [0.2, 0.25) is 0 Å². The third-order valence-electron chi connectivity index (χ3n) is 1.58. The lowest BCUT2D eigenvalue weighted by atomic mass is 10.5. The van der Waals surface area contributed by atoms with E-state index in [1.54, 1.807) is 6.92 Å². The minimum absolute atomic E-state index is 0.0881. The molecule has 0 aromatic carbocycles. The SMILES string of the molecule is CCOC(=O)c1scc(Cl)c1S(=O)(=O)N=C=O. The number of sulfonamides is 1. The normalized spacial score (nSPS) is 10.7. The molecule has 0 aliphatic carbocycles. The summed E-state index contributed by atoms with van der Waals surface area (Å²) in [5.74, 6) is -0.830. The van der Waals surface area contributed by atoms with E-state index in [1.165, 1.54) is 5.38 Å². The van der Waals surface area contributed by atoms with E-state index in [4.69, 9.17) is 11.6 Å². The molecule has 0 spiro atoms. The van der Waals surface area contributed by atoms with E-state index in [9.17, 15) is 18.0 Å². The van der Waals surface area contributed by atoms with Crippen LogP contribution in [-0.2, 0) is 19.6 Å². The summed E-state index contributed by atoms with van der Waals surface area (Å²) in [6, 6.07) is 0. The lowest BCUT2D eigenvalue weighted by Crippen LogP contribution is -2.08. The third kappa shape index (κ3) is 2.92. The minimum atomic E-state index is -4.31. The van der Waals surface area contributed by atoms with Crippen LogP contribution in [0.1, 0.15) is 16.6 Å². The number of rotatable bonds is 4. The molecule has 1 aromatic heterocycles. The summed E-state index contributed by atoms with van der Waals surface area (Å²) in [4.78, 5) is 20.7. The first-order valence-corrected chi connectivity index (χ1v) is 6.92. The maximum atomic E-state index is 11.5.